The van der Waals surface area contributed by atoms with Gasteiger partial charge in [0.2, 0.25) is 5.91 Å². The molecule has 5 heteroatoms. The molecule has 2 aliphatic heterocycles. The smallest absolute Gasteiger partial charge is 0.253 e. The molecule has 1 aromatic rings. The molecule has 1 aromatic carbocycles. The molecular formula is C21H31N3O2. The van der Waals surface area contributed by atoms with Crippen LogP contribution in [-0.2, 0) is 4.79 Å². The fraction of sp³-hybridized carbons (Fsp3) is 0.619. The monoisotopic (exact) mass is 357 g/mol. The molecule has 26 heavy (non-hydrogen) atoms. The Morgan fingerprint density at radius 2 is 1.88 bits per heavy atom. The zero-order valence-electron chi connectivity index (χ0n) is 16.2. The number of likely N-dealkylation sites (tertiary alicyclic amines) is 1. The van der Waals surface area contributed by atoms with Crippen LogP contribution in [-0.4, -0.2) is 48.9 Å². The van der Waals surface area contributed by atoms with Crippen molar-refractivity contribution in [2.24, 2.45) is 11.8 Å². The normalized spacial score (nSPS) is 26.4. The van der Waals surface area contributed by atoms with Crippen LogP contribution in [0.4, 0.5) is 0 Å². The van der Waals surface area contributed by atoms with E-state index in [1.165, 1.54) is 0 Å². The minimum atomic E-state index is -0.0966. The van der Waals surface area contributed by atoms with E-state index in [0.29, 0.717) is 12.5 Å². The Labute approximate surface area is 156 Å². The summed E-state index contributed by atoms with van der Waals surface area (Å²) in [4.78, 5) is 27.5. The van der Waals surface area contributed by atoms with E-state index in [1.807, 2.05) is 30.9 Å². The molecule has 2 aliphatic rings. The Balaban J connectivity index is 1.63. The van der Waals surface area contributed by atoms with E-state index in [0.717, 1.165) is 55.6 Å². The van der Waals surface area contributed by atoms with Gasteiger partial charge in [0.15, 0.2) is 0 Å². The molecule has 2 fully saturated rings. The van der Waals surface area contributed by atoms with Gasteiger partial charge >= 0.3 is 0 Å². The summed E-state index contributed by atoms with van der Waals surface area (Å²) in [6.45, 7) is 9.36. The lowest BCUT2D eigenvalue weighted by atomic mass is 9.92. The highest BCUT2D eigenvalue weighted by atomic mass is 16.2. The van der Waals surface area contributed by atoms with Gasteiger partial charge < -0.3 is 15.5 Å². The van der Waals surface area contributed by atoms with Gasteiger partial charge in [-0.2, -0.15) is 0 Å². The summed E-state index contributed by atoms with van der Waals surface area (Å²) in [5.41, 5.74) is 2.93. The van der Waals surface area contributed by atoms with Gasteiger partial charge in [0.1, 0.15) is 0 Å². The summed E-state index contributed by atoms with van der Waals surface area (Å²) in [6, 6.07) is 6.20. The number of hydrogen-bond acceptors (Lipinski definition) is 3. The molecule has 0 bridgehead atoms. The Morgan fingerprint density at radius 3 is 2.58 bits per heavy atom. The van der Waals surface area contributed by atoms with Crippen molar-refractivity contribution in [3.63, 3.8) is 0 Å². The molecule has 3 atom stereocenters. The van der Waals surface area contributed by atoms with Crippen LogP contribution in [0, 0.1) is 25.7 Å². The first-order chi connectivity index (χ1) is 12.4. The fourth-order valence-electron chi connectivity index (χ4n) is 4.19. The lowest BCUT2D eigenvalue weighted by Gasteiger charge is -2.35. The predicted octanol–water partition coefficient (Wildman–Crippen LogP) is 2.27. The number of carbonyl (C=O) groups is 2. The maximum atomic E-state index is 12.9. The summed E-state index contributed by atoms with van der Waals surface area (Å²) in [5.74, 6) is 0.510. The second-order valence-corrected chi connectivity index (χ2v) is 8.05. The van der Waals surface area contributed by atoms with Crippen LogP contribution in [0.25, 0.3) is 0 Å². The molecule has 0 saturated carbocycles. The van der Waals surface area contributed by atoms with Crippen LogP contribution in [0.3, 0.4) is 0 Å². The number of hydrogen-bond donors (Lipinski definition) is 2. The SMILES string of the molecule is Cc1cc(C)cc(C(=O)N2CCCC(C(=O)NC3CCNCC3C)C2)c1. The number of nitrogens with one attached hydrogen (secondary N) is 2. The molecule has 142 valence electrons. The average molecular weight is 357 g/mol. The van der Waals surface area contributed by atoms with Crippen molar-refractivity contribution >= 4 is 11.8 Å². The van der Waals surface area contributed by atoms with E-state index in [-0.39, 0.29) is 23.8 Å². The lowest BCUT2D eigenvalue weighted by Crippen LogP contribution is -2.52. The van der Waals surface area contributed by atoms with Crippen molar-refractivity contribution < 1.29 is 9.59 Å². The molecule has 2 saturated heterocycles. The first-order valence-electron chi connectivity index (χ1n) is 9.82. The van der Waals surface area contributed by atoms with Gasteiger partial charge in [-0.3, -0.25) is 9.59 Å². The molecule has 0 spiro atoms. The quantitative estimate of drug-likeness (QED) is 0.872. The van der Waals surface area contributed by atoms with Crippen LogP contribution in [0.1, 0.15) is 47.7 Å². The molecule has 0 aromatic heterocycles. The predicted molar refractivity (Wildman–Crippen MR) is 103 cm³/mol. The van der Waals surface area contributed by atoms with E-state index < -0.39 is 0 Å². The highest BCUT2D eigenvalue weighted by Crippen LogP contribution is 2.21. The summed E-state index contributed by atoms with van der Waals surface area (Å²) >= 11 is 0. The Hall–Kier alpha value is -1.88. The van der Waals surface area contributed by atoms with Gasteiger partial charge in [0, 0.05) is 24.7 Å². The van der Waals surface area contributed by atoms with Crippen LogP contribution in [0.2, 0.25) is 0 Å². The summed E-state index contributed by atoms with van der Waals surface area (Å²) in [7, 11) is 0. The van der Waals surface area contributed by atoms with Crippen molar-refractivity contribution in [3.05, 3.63) is 34.9 Å². The second kappa shape index (κ2) is 8.21. The van der Waals surface area contributed by atoms with E-state index in [2.05, 4.69) is 23.6 Å². The van der Waals surface area contributed by atoms with Gasteiger partial charge in [0.25, 0.3) is 5.91 Å². The summed E-state index contributed by atoms with van der Waals surface area (Å²) < 4.78 is 0. The number of nitrogens with zero attached hydrogens (tertiary/aromatic N) is 1. The molecule has 3 rings (SSSR count). The minimum Gasteiger partial charge on any atom is -0.353 e. The van der Waals surface area contributed by atoms with Crippen LogP contribution in [0.15, 0.2) is 18.2 Å². The van der Waals surface area contributed by atoms with Crippen molar-refractivity contribution in [3.8, 4) is 0 Å². The Kier molecular flexibility index (Phi) is 5.97. The van der Waals surface area contributed by atoms with Crippen molar-refractivity contribution in [2.75, 3.05) is 26.2 Å². The maximum Gasteiger partial charge on any atom is 0.253 e. The molecule has 5 nitrogen and oxygen atoms in total. The van der Waals surface area contributed by atoms with Gasteiger partial charge in [-0.25, -0.2) is 0 Å². The van der Waals surface area contributed by atoms with Gasteiger partial charge in [-0.15, -0.1) is 0 Å². The molecule has 2 N–H and O–H groups in total. The van der Waals surface area contributed by atoms with Crippen molar-refractivity contribution in [1.82, 2.24) is 15.5 Å². The highest BCUT2D eigenvalue weighted by molar-refractivity contribution is 5.95. The molecule has 0 aliphatic carbocycles. The van der Waals surface area contributed by atoms with Crippen molar-refractivity contribution in [1.29, 1.82) is 0 Å². The Morgan fingerprint density at radius 1 is 1.15 bits per heavy atom. The molecule has 3 unspecified atom stereocenters. The Bertz CT molecular complexity index is 653. The lowest BCUT2D eigenvalue weighted by molar-refractivity contribution is -0.127. The maximum absolute atomic E-state index is 12.9. The summed E-state index contributed by atoms with van der Waals surface area (Å²) in [6.07, 6.45) is 2.73. The topological polar surface area (TPSA) is 61.4 Å². The zero-order chi connectivity index (χ0) is 18.7. The third-order valence-electron chi connectivity index (χ3n) is 5.66. The number of benzene rings is 1. The largest absolute Gasteiger partial charge is 0.353 e. The van der Waals surface area contributed by atoms with E-state index in [4.69, 9.17) is 0 Å². The minimum absolute atomic E-state index is 0.0459. The van der Waals surface area contributed by atoms with Gasteiger partial charge in [-0.05, 0) is 64.3 Å². The molecule has 2 heterocycles. The van der Waals surface area contributed by atoms with Crippen molar-refractivity contribution in [2.45, 2.75) is 46.1 Å². The standard InChI is InChI=1S/C21H31N3O2/c1-14-9-15(2)11-18(10-14)21(26)24-8-4-5-17(13-24)20(25)23-19-6-7-22-12-16(19)3/h9-11,16-17,19,22H,4-8,12-13H2,1-3H3,(H,23,25). The molecular weight excluding hydrogens is 326 g/mol. The average Bonchev–Trinajstić information content (AvgIpc) is 2.62. The number of rotatable bonds is 3. The fourth-order valence-corrected chi connectivity index (χ4v) is 4.19. The van der Waals surface area contributed by atoms with Crippen LogP contribution in [0.5, 0.6) is 0 Å². The van der Waals surface area contributed by atoms with E-state index in [9.17, 15) is 9.59 Å². The number of piperidine rings is 2. The molecule has 2 amide bonds. The number of amides is 2. The highest BCUT2D eigenvalue weighted by Gasteiger charge is 2.31. The third kappa shape index (κ3) is 4.44. The third-order valence-corrected chi connectivity index (χ3v) is 5.66. The van der Waals surface area contributed by atoms with Crippen LogP contribution >= 0.6 is 0 Å². The van der Waals surface area contributed by atoms with E-state index in [1.54, 1.807) is 0 Å². The first-order valence-corrected chi connectivity index (χ1v) is 9.82. The zero-order valence-corrected chi connectivity index (χ0v) is 16.2. The van der Waals surface area contributed by atoms with Gasteiger partial charge in [0.05, 0.1) is 5.92 Å². The van der Waals surface area contributed by atoms with Gasteiger partial charge in [-0.1, -0.05) is 24.1 Å². The number of aryl methyl sites for hydroxylation is 2. The van der Waals surface area contributed by atoms with E-state index >= 15 is 0 Å². The van der Waals surface area contributed by atoms with Crippen LogP contribution < -0.4 is 10.6 Å². The summed E-state index contributed by atoms with van der Waals surface area (Å²) in [5, 5.41) is 6.60. The second-order valence-electron chi connectivity index (χ2n) is 8.05. The molecule has 0 radical (unpaired) electrons. The first kappa shape index (κ1) is 18.9. The number of carbonyl (C=O) groups excluding carboxylic acids is 2.